The number of nitrogens with zero attached hydrogens (tertiary/aromatic N) is 2. The summed E-state index contributed by atoms with van der Waals surface area (Å²) < 4.78 is 2.16. The highest BCUT2D eigenvalue weighted by atomic mass is 16.1. The Labute approximate surface area is 160 Å². The number of carbonyl (C=O) groups excluding carboxylic acids is 1. The maximum absolute atomic E-state index is 12.6. The van der Waals surface area contributed by atoms with Crippen LogP contribution < -0.4 is 5.32 Å². The number of fused-ring (bicyclic) bond motifs is 1. The van der Waals surface area contributed by atoms with Crippen molar-refractivity contribution in [2.75, 3.05) is 5.32 Å². The predicted molar refractivity (Wildman–Crippen MR) is 110 cm³/mol. The van der Waals surface area contributed by atoms with E-state index < -0.39 is 0 Å². The quantitative estimate of drug-likeness (QED) is 0.623. The molecule has 4 heteroatoms. The number of hydrogen-bond acceptors (Lipinski definition) is 2. The average Bonchev–Trinajstić information content (AvgIpc) is 3.02. The van der Waals surface area contributed by atoms with Crippen molar-refractivity contribution in [3.63, 3.8) is 0 Å². The molecule has 0 radical (unpaired) electrons. The molecule has 0 aliphatic carbocycles. The van der Waals surface area contributed by atoms with Crippen molar-refractivity contribution in [1.82, 2.24) is 4.57 Å². The summed E-state index contributed by atoms with van der Waals surface area (Å²) in [5, 5.41) is 13.2. The van der Waals surface area contributed by atoms with Gasteiger partial charge in [-0.1, -0.05) is 26.3 Å². The van der Waals surface area contributed by atoms with E-state index in [9.17, 15) is 4.79 Å². The van der Waals surface area contributed by atoms with Gasteiger partial charge in [0, 0.05) is 35.4 Å². The van der Waals surface area contributed by atoms with Crippen LogP contribution in [0.2, 0.25) is 0 Å². The normalized spacial score (nSPS) is 11.9. The molecule has 3 rings (SSSR count). The lowest BCUT2D eigenvalue weighted by molar-refractivity contribution is 0.102. The van der Waals surface area contributed by atoms with Crippen molar-refractivity contribution in [3.05, 3.63) is 65.4 Å². The van der Waals surface area contributed by atoms with Crippen molar-refractivity contribution in [3.8, 4) is 6.07 Å². The summed E-state index contributed by atoms with van der Waals surface area (Å²) in [5.41, 5.74) is 4.26. The van der Waals surface area contributed by atoms with Gasteiger partial charge in [0.05, 0.1) is 11.6 Å². The second-order valence-corrected chi connectivity index (χ2v) is 6.97. The molecule has 0 fully saturated rings. The van der Waals surface area contributed by atoms with Crippen LogP contribution in [0.25, 0.3) is 10.9 Å². The minimum atomic E-state index is -0.204. The van der Waals surface area contributed by atoms with Gasteiger partial charge in [0.2, 0.25) is 0 Å². The van der Waals surface area contributed by atoms with Crippen LogP contribution in [0, 0.1) is 11.3 Å². The summed E-state index contributed by atoms with van der Waals surface area (Å²) in [7, 11) is 2.07. The Morgan fingerprint density at radius 1 is 1.22 bits per heavy atom. The van der Waals surface area contributed by atoms with Crippen molar-refractivity contribution in [1.29, 1.82) is 5.26 Å². The Morgan fingerprint density at radius 3 is 2.74 bits per heavy atom. The molecular weight excluding hydrogens is 334 g/mol. The van der Waals surface area contributed by atoms with E-state index in [0.717, 1.165) is 24.9 Å². The van der Waals surface area contributed by atoms with Crippen molar-refractivity contribution >= 4 is 22.5 Å². The first-order valence-corrected chi connectivity index (χ1v) is 9.47. The lowest BCUT2D eigenvalue weighted by Crippen LogP contribution is -2.12. The van der Waals surface area contributed by atoms with E-state index in [1.165, 1.54) is 16.5 Å². The first-order chi connectivity index (χ1) is 13.1. The third kappa shape index (κ3) is 3.88. The number of nitriles is 1. The van der Waals surface area contributed by atoms with E-state index in [0.29, 0.717) is 17.0 Å². The Balaban J connectivity index is 1.93. The van der Waals surface area contributed by atoms with E-state index >= 15 is 0 Å². The van der Waals surface area contributed by atoms with Crippen LogP contribution in [-0.2, 0) is 7.05 Å². The van der Waals surface area contributed by atoms with Crippen LogP contribution in [0.15, 0.2) is 48.7 Å². The van der Waals surface area contributed by atoms with E-state index in [4.69, 9.17) is 5.26 Å². The summed E-state index contributed by atoms with van der Waals surface area (Å²) in [6.07, 6.45) is 5.63. The molecule has 1 heterocycles. The van der Waals surface area contributed by atoms with Crippen LogP contribution >= 0.6 is 0 Å². The predicted octanol–water partition coefficient (Wildman–Crippen LogP) is 5.60. The van der Waals surface area contributed by atoms with Crippen LogP contribution in [0.4, 0.5) is 5.69 Å². The summed E-state index contributed by atoms with van der Waals surface area (Å²) in [4.78, 5) is 12.6. The third-order valence-corrected chi connectivity index (χ3v) is 5.10. The maximum Gasteiger partial charge on any atom is 0.255 e. The fraction of sp³-hybridized carbons (Fsp3) is 0.304. The molecule has 27 heavy (non-hydrogen) atoms. The molecule has 0 spiro atoms. The molecule has 1 aromatic heterocycles. The van der Waals surface area contributed by atoms with E-state index in [2.05, 4.69) is 55.2 Å². The second-order valence-electron chi connectivity index (χ2n) is 6.97. The maximum atomic E-state index is 12.6. The molecule has 1 N–H and O–H groups in total. The van der Waals surface area contributed by atoms with E-state index in [1.54, 1.807) is 24.3 Å². The fourth-order valence-corrected chi connectivity index (χ4v) is 3.69. The van der Waals surface area contributed by atoms with Crippen LogP contribution in [0.5, 0.6) is 0 Å². The van der Waals surface area contributed by atoms with Gasteiger partial charge >= 0.3 is 0 Å². The average molecular weight is 359 g/mol. The first-order valence-electron chi connectivity index (χ1n) is 9.47. The Hall–Kier alpha value is -3.06. The van der Waals surface area contributed by atoms with Crippen molar-refractivity contribution in [2.45, 2.75) is 39.0 Å². The monoisotopic (exact) mass is 359 g/mol. The number of aromatic nitrogens is 1. The van der Waals surface area contributed by atoms with Gasteiger partial charge in [0.15, 0.2) is 0 Å². The third-order valence-electron chi connectivity index (χ3n) is 5.10. The van der Waals surface area contributed by atoms with Gasteiger partial charge < -0.3 is 9.88 Å². The molecular formula is C23H25N3O. The Bertz CT molecular complexity index is 1010. The number of hydrogen-bond donors (Lipinski definition) is 1. The first kappa shape index (κ1) is 18.7. The summed E-state index contributed by atoms with van der Waals surface area (Å²) in [6.45, 7) is 4.45. The van der Waals surface area contributed by atoms with Crippen LogP contribution in [-0.4, -0.2) is 10.5 Å². The SMILES string of the molecule is CCCC(CC)c1cn(C)c2ccc(NC(=O)c3cccc(C#N)c3)cc12. The second kappa shape index (κ2) is 8.09. The Morgan fingerprint density at radius 2 is 2.04 bits per heavy atom. The molecule has 3 aromatic rings. The molecule has 0 saturated carbocycles. The van der Waals surface area contributed by atoms with Crippen molar-refractivity contribution < 1.29 is 4.79 Å². The topological polar surface area (TPSA) is 57.8 Å². The Kier molecular flexibility index (Phi) is 5.61. The number of rotatable bonds is 6. The van der Waals surface area contributed by atoms with Gasteiger partial charge in [-0.25, -0.2) is 0 Å². The highest BCUT2D eigenvalue weighted by Crippen LogP contribution is 2.33. The smallest absolute Gasteiger partial charge is 0.255 e. The van der Waals surface area contributed by atoms with Gasteiger partial charge in [0.25, 0.3) is 5.91 Å². The van der Waals surface area contributed by atoms with Gasteiger partial charge in [-0.15, -0.1) is 0 Å². The molecule has 0 aliphatic rings. The summed E-state index contributed by atoms with van der Waals surface area (Å²) in [5.74, 6) is 0.321. The van der Waals surface area contributed by atoms with Gasteiger partial charge in [-0.2, -0.15) is 5.26 Å². The van der Waals surface area contributed by atoms with E-state index in [-0.39, 0.29) is 5.91 Å². The molecule has 1 atom stereocenters. The number of aryl methyl sites for hydroxylation is 1. The number of nitrogens with one attached hydrogen (secondary N) is 1. The lowest BCUT2D eigenvalue weighted by Gasteiger charge is -2.13. The zero-order valence-electron chi connectivity index (χ0n) is 16.1. The zero-order valence-corrected chi connectivity index (χ0v) is 16.1. The largest absolute Gasteiger partial charge is 0.350 e. The minimum Gasteiger partial charge on any atom is -0.350 e. The summed E-state index contributed by atoms with van der Waals surface area (Å²) >= 11 is 0. The molecule has 138 valence electrons. The standard InChI is InChI=1S/C23H25N3O/c1-4-7-17(5-2)21-15-26(3)22-11-10-19(13-20(21)22)25-23(27)18-9-6-8-16(12-18)14-24/h6,8-13,15,17H,4-5,7H2,1-3H3,(H,25,27). The van der Waals surface area contributed by atoms with Crippen LogP contribution in [0.1, 0.15) is 60.5 Å². The van der Waals surface area contributed by atoms with Gasteiger partial charge in [0.1, 0.15) is 0 Å². The highest BCUT2D eigenvalue weighted by Gasteiger charge is 2.16. The molecule has 0 saturated heterocycles. The number of amides is 1. The zero-order chi connectivity index (χ0) is 19.4. The van der Waals surface area contributed by atoms with Gasteiger partial charge in [-0.3, -0.25) is 4.79 Å². The number of benzene rings is 2. The van der Waals surface area contributed by atoms with Gasteiger partial charge in [-0.05, 0) is 60.7 Å². The van der Waals surface area contributed by atoms with Crippen molar-refractivity contribution in [2.24, 2.45) is 7.05 Å². The van der Waals surface area contributed by atoms with E-state index in [1.807, 2.05) is 6.07 Å². The van der Waals surface area contributed by atoms with Crippen LogP contribution in [0.3, 0.4) is 0 Å². The lowest BCUT2D eigenvalue weighted by atomic mass is 9.92. The number of anilines is 1. The number of carbonyl (C=O) groups is 1. The molecule has 4 nitrogen and oxygen atoms in total. The summed E-state index contributed by atoms with van der Waals surface area (Å²) in [6, 6.07) is 14.9. The molecule has 0 bridgehead atoms. The molecule has 1 amide bonds. The molecule has 1 unspecified atom stereocenters. The minimum absolute atomic E-state index is 0.204. The molecule has 2 aromatic carbocycles. The highest BCUT2D eigenvalue weighted by molar-refractivity contribution is 6.05. The molecule has 0 aliphatic heterocycles. The fourth-order valence-electron chi connectivity index (χ4n) is 3.69.